The van der Waals surface area contributed by atoms with Crippen molar-refractivity contribution in [3.8, 4) is 0 Å². The molecule has 1 aromatic carbocycles. The van der Waals surface area contributed by atoms with Crippen molar-refractivity contribution in [2.75, 3.05) is 6.61 Å². The Bertz CT molecular complexity index is 297. The fraction of sp³-hybridized carbons (Fsp3) is 0.455. The van der Waals surface area contributed by atoms with Crippen molar-refractivity contribution >= 4 is 25.8 Å². The van der Waals surface area contributed by atoms with Crippen LogP contribution >= 0.6 is 11.6 Å². The first kappa shape index (κ1) is 10.2. The van der Waals surface area contributed by atoms with Crippen molar-refractivity contribution in [1.82, 2.24) is 0 Å². The average molecular weight is 227 g/mol. The third-order valence-electron chi connectivity index (χ3n) is 2.73. The molecule has 1 heterocycles. The highest BCUT2D eigenvalue weighted by Gasteiger charge is 2.20. The first-order valence-electron chi connectivity index (χ1n) is 5.17. The van der Waals surface area contributed by atoms with Crippen molar-refractivity contribution < 1.29 is 4.43 Å². The second kappa shape index (κ2) is 4.96. The zero-order valence-corrected chi connectivity index (χ0v) is 10.1. The highest BCUT2D eigenvalue weighted by Crippen LogP contribution is 2.13. The minimum absolute atomic E-state index is 0.614. The minimum Gasteiger partial charge on any atom is -0.415 e. The molecule has 0 radical (unpaired) electrons. The lowest BCUT2D eigenvalue weighted by atomic mass is 10.2. The Balaban J connectivity index is 2.20. The van der Waals surface area contributed by atoms with E-state index in [9.17, 15) is 0 Å². The number of hydrogen-bond acceptors (Lipinski definition) is 1. The summed E-state index contributed by atoms with van der Waals surface area (Å²) >= 11 is 5.92. The van der Waals surface area contributed by atoms with Gasteiger partial charge < -0.3 is 4.43 Å². The molecule has 1 aliphatic rings. The van der Waals surface area contributed by atoms with E-state index in [0.29, 0.717) is 5.88 Å². The maximum atomic E-state index is 5.92. The van der Waals surface area contributed by atoms with Crippen molar-refractivity contribution in [2.45, 2.75) is 24.8 Å². The molecule has 3 heteroatoms. The smallest absolute Gasteiger partial charge is 0.208 e. The fourth-order valence-corrected chi connectivity index (χ4v) is 5.03. The van der Waals surface area contributed by atoms with Crippen molar-refractivity contribution in [3.05, 3.63) is 29.8 Å². The van der Waals surface area contributed by atoms with Crippen LogP contribution in [0.3, 0.4) is 0 Å². The highest BCUT2D eigenvalue weighted by molar-refractivity contribution is 6.68. The normalized spacial score (nSPS) is 22.2. The average Bonchev–Trinajstić information content (AvgIpc) is 2.30. The molecule has 0 N–H and O–H groups in total. The first-order valence-corrected chi connectivity index (χ1v) is 7.57. The molecule has 2 rings (SSSR count). The van der Waals surface area contributed by atoms with Gasteiger partial charge in [0.15, 0.2) is 0 Å². The predicted octanol–water partition coefficient (Wildman–Crippen LogP) is 2.17. The molecule has 1 unspecified atom stereocenters. The van der Waals surface area contributed by atoms with Gasteiger partial charge in [-0.15, -0.1) is 11.6 Å². The lowest BCUT2D eigenvalue weighted by Crippen LogP contribution is -2.38. The van der Waals surface area contributed by atoms with Crippen LogP contribution in [0, 0.1) is 0 Å². The molecule has 1 aromatic rings. The van der Waals surface area contributed by atoms with Gasteiger partial charge in [0.1, 0.15) is 0 Å². The van der Waals surface area contributed by atoms with Gasteiger partial charge in [-0.3, -0.25) is 0 Å². The summed E-state index contributed by atoms with van der Waals surface area (Å²) in [4.78, 5) is 0. The molecule has 1 saturated heterocycles. The summed E-state index contributed by atoms with van der Waals surface area (Å²) in [5, 5.41) is 1.42. The standard InChI is InChI=1S/C11H15ClOSi/c12-9-10-5-1-2-6-11(10)14-8-4-3-7-13-14/h1-2,5-6,14H,3-4,7-9H2. The molecule has 0 aromatic heterocycles. The zero-order chi connectivity index (χ0) is 9.80. The molecule has 0 spiro atoms. The van der Waals surface area contributed by atoms with Gasteiger partial charge in [-0.25, -0.2) is 0 Å². The van der Waals surface area contributed by atoms with Crippen LogP contribution in [0.4, 0.5) is 0 Å². The Morgan fingerprint density at radius 1 is 1.29 bits per heavy atom. The van der Waals surface area contributed by atoms with E-state index >= 15 is 0 Å². The molecule has 76 valence electrons. The van der Waals surface area contributed by atoms with Crippen LogP contribution in [0.1, 0.15) is 18.4 Å². The summed E-state index contributed by atoms with van der Waals surface area (Å²) in [6.07, 6.45) is 2.56. The van der Waals surface area contributed by atoms with Crippen LogP contribution in [0.15, 0.2) is 24.3 Å². The number of benzene rings is 1. The molecule has 0 bridgehead atoms. The third-order valence-corrected chi connectivity index (χ3v) is 5.84. The Kier molecular flexibility index (Phi) is 3.62. The van der Waals surface area contributed by atoms with E-state index in [2.05, 4.69) is 24.3 Å². The Hall–Kier alpha value is -0.313. The Morgan fingerprint density at radius 3 is 2.86 bits per heavy atom. The van der Waals surface area contributed by atoms with Crippen LogP contribution in [-0.2, 0) is 10.3 Å². The van der Waals surface area contributed by atoms with E-state index in [-0.39, 0.29) is 0 Å². The molecular formula is C11H15ClOSi. The van der Waals surface area contributed by atoms with Crippen LogP contribution in [0.25, 0.3) is 0 Å². The van der Waals surface area contributed by atoms with Gasteiger partial charge in [0.05, 0.1) is 0 Å². The summed E-state index contributed by atoms with van der Waals surface area (Å²) < 4.78 is 5.89. The molecule has 1 atom stereocenters. The number of alkyl halides is 1. The van der Waals surface area contributed by atoms with Crippen molar-refractivity contribution in [1.29, 1.82) is 0 Å². The highest BCUT2D eigenvalue weighted by atomic mass is 35.5. The molecule has 0 amide bonds. The van der Waals surface area contributed by atoms with Crippen LogP contribution < -0.4 is 5.19 Å². The quantitative estimate of drug-likeness (QED) is 0.555. The lowest BCUT2D eigenvalue weighted by Gasteiger charge is -2.23. The molecule has 14 heavy (non-hydrogen) atoms. The SMILES string of the molecule is ClCc1ccccc1[SiH]1CCCCO1. The number of rotatable bonds is 2. The Labute approximate surface area is 91.8 Å². The van der Waals surface area contributed by atoms with Gasteiger partial charge in [-0.1, -0.05) is 30.7 Å². The number of hydrogen-bond donors (Lipinski definition) is 0. The van der Waals surface area contributed by atoms with E-state index in [4.69, 9.17) is 16.0 Å². The summed E-state index contributed by atoms with van der Waals surface area (Å²) in [7, 11) is -1.13. The van der Waals surface area contributed by atoms with Gasteiger partial charge in [0.25, 0.3) is 0 Å². The largest absolute Gasteiger partial charge is 0.415 e. The van der Waals surface area contributed by atoms with E-state index in [1.165, 1.54) is 29.6 Å². The maximum Gasteiger partial charge on any atom is 0.208 e. The summed E-state index contributed by atoms with van der Waals surface area (Å²) in [5.74, 6) is 0.614. The van der Waals surface area contributed by atoms with E-state index in [1.807, 2.05) is 0 Å². The fourth-order valence-electron chi connectivity index (χ4n) is 1.96. The summed E-state index contributed by atoms with van der Waals surface area (Å²) in [6, 6.07) is 9.73. The maximum absolute atomic E-state index is 5.92. The molecule has 0 aliphatic carbocycles. The van der Waals surface area contributed by atoms with Crippen molar-refractivity contribution in [3.63, 3.8) is 0 Å². The van der Waals surface area contributed by atoms with Gasteiger partial charge >= 0.3 is 0 Å². The van der Waals surface area contributed by atoms with Gasteiger partial charge in [0.2, 0.25) is 9.04 Å². The van der Waals surface area contributed by atoms with Crippen molar-refractivity contribution in [2.24, 2.45) is 0 Å². The molecule has 0 saturated carbocycles. The second-order valence-corrected chi connectivity index (χ2v) is 6.46. The minimum atomic E-state index is -1.13. The predicted molar refractivity (Wildman–Crippen MR) is 62.8 cm³/mol. The van der Waals surface area contributed by atoms with Gasteiger partial charge in [-0.05, 0) is 23.2 Å². The molecule has 1 fully saturated rings. The molecule has 1 aliphatic heterocycles. The van der Waals surface area contributed by atoms with Crippen LogP contribution in [-0.4, -0.2) is 15.6 Å². The number of halogens is 1. The van der Waals surface area contributed by atoms with Gasteiger partial charge in [0, 0.05) is 12.5 Å². The molecule has 1 nitrogen and oxygen atoms in total. The molecular weight excluding hydrogens is 212 g/mol. The summed E-state index contributed by atoms with van der Waals surface area (Å²) in [6.45, 7) is 0.952. The first-order chi connectivity index (χ1) is 6.92. The van der Waals surface area contributed by atoms with Gasteiger partial charge in [-0.2, -0.15) is 0 Å². The van der Waals surface area contributed by atoms with E-state index in [1.54, 1.807) is 0 Å². The second-order valence-electron chi connectivity index (χ2n) is 3.69. The summed E-state index contributed by atoms with van der Waals surface area (Å²) in [5.41, 5.74) is 1.27. The van der Waals surface area contributed by atoms with E-state index in [0.717, 1.165) is 6.61 Å². The third kappa shape index (κ3) is 2.19. The van der Waals surface area contributed by atoms with Crippen LogP contribution in [0.5, 0.6) is 0 Å². The zero-order valence-electron chi connectivity index (χ0n) is 8.21. The topological polar surface area (TPSA) is 9.23 Å². The Morgan fingerprint density at radius 2 is 2.14 bits per heavy atom. The van der Waals surface area contributed by atoms with E-state index < -0.39 is 9.04 Å². The lowest BCUT2D eigenvalue weighted by molar-refractivity contribution is 0.294. The van der Waals surface area contributed by atoms with Crippen LogP contribution in [0.2, 0.25) is 6.04 Å². The monoisotopic (exact) mass is 226 g/mol.